The first kappa shape index (κ1) is 23.9. The minimum Gasteiger partial charge on any atom is -0.494 e. The molecule has 170 valence electrons. The lowest BCUT2D eigenvalue weighted by molar-refractivity contribution is 0.180. The summed E-state index contributed by atoms with van der Waals surface area (Å²) in [5, 5.41) is 0. The van der Waals surface area contributed by atoms with Crippen LogP contribution in [0.4, 0.5) is 8.78 Å². The Balaban J connectivity index is 1.59. The number of hydrogen-bond acceptors (Lipinski definition) is 2. The predicted molar refractivity (Wildman–Crippen MR) is 127 cm³/mol. The fourth-order valence-electron chi connectivity index (χ4n) is 3.74. The Morgan fingerprint density at radius 2 is 1.25 bits per heavy atom. The third kappa shape index (κ3) is 6.39. The van der Waals surface area contributed by atoms with Crippen LogP contribution >= 0.6 is 0 Å². The molecule has 0 saturated carbocycles. The third-order valence-electron chi connectivity index (χ3n) is 5.61. The molecule has 0 aliphatic carbocycles. The van der Waals surface area contributed by atoms with Gasteiger partial charge in [0.25, 0.3) is 0 Å². The van der Waals surface area contributed by atoms with E-state index in [1.807, 2.05) is 48.5 Å². The summed E-state index contributed by atoms with van der Waals surface area (Å²) in [6, 6.07) is 18.6. The summed E-state index contributed by atoms with van der Waals surface area (Å²) in [4.78, 5) is 0. The van der Waals surface area contributed by atoms with Crippen molar-refractivity contribution < 1.29 is 18.3 Å². The molecule has 0 aliphatic heterocycles. The lowest BCUT2D eigenvalue weighted by Crippen LogP contribution is -1.98. The summed E-state index contributed by atoms with van der Waals surface area (Å²) in [5.74, 6) is -0.836. The molecule has 0 spiro atoms. The van der Waals surface area contributed by atoms with Gasteiger partial charge in [0.2, 0.25) is 0 Å². The van der Waals surface area contributed by atoms with Crippen LogP contribution in [0.5, 0.6) is 5.75 Å². The summed E-state index contributed by atoms with van der Waals surface area (Å²) < 4.78 is 39.5. The number of hydrogen-bond donors (Lipinski definition) is 0. The number of unbranched alkanes of at least 4 members (excludes halogenated alkanes) is 5. The van der Waals surface area contributed by atoms with Gasteiger partial charge in [0.1, 0.15) is 5.75 Å². The van der Waals surface area contributed by atoms with Gasteiger partial charge in [-0.2, -0.15) is 0 Å². The van der Waals surface area contributed by atoms with Crippen LogP contribution in [0, 0.1) is 11.6 Å². The first-order chi connectivity index (χ1) is 15.6. The van der Waals surface area contributed by atoms with Gasteiger partial charge in [-0.1, -0.05) is 87.6 Å². The third-order valence-corrected chi connectivity index (χ3v) is 5.61. The quantitative estimate of drug-likeness (QED) is 0.265. The van der Waals surface area contributed by atoms with E-state index in [1.54, 1.807) is 12.1 Å². The number of benzene rings is 3. The maximum absolute atomic E-state index is 14.5. The second-order valence-electron chi connectivity index (χ2n) is 8.05. The summed E-state index contributed by atoms with van der Waals surface area (Å²) in [5.41, 5.74) is 3.14. The molecular weight excluding hydrogens is 406 g/mol. The Morgan fingerprint density at radius 3 is 1.91 bits per heavy atom. The molecule has 0 saturated heterocycles. The molecule has 3 aromatic rings. The molecule has 0 atom stereocenters. The number of rotatable bonds is 12. The van der Waals surface area contributed by atoms with Gasteiger partial charge in [0.05, 0.1) is 13.2 Å². The Morgan fingerprint density at radius 1 is 0.656 bits per heavy atom. The van der Waals surface area contributed by atoms with E-state index in [4.69, 9.17) is 9.47 Å². The molecule has 4 heteroatoms. The molecule has 0 bridgehead atoms. The van der Waals surface area contributed by atoms with Crippen LogP contribution in [0.1, 0.15) is 51.0 Å². The highest BCUT2D eigenvalue weighted by atomic mass is 19.2. The molecular formula is C28H32F2O2. The second kappa shape index (κ2) is 12.4. The molecule has 0 radical (unpaired) electrons. The molecule has 3 aromatic carbocycles. The van der Waals surface area contributed by atoms with Crippen molar-refractivity contribution in [3.8, 4) is 28.0 Å². The van der Waals surface area contributed by atoms with Gasteiger partial charge >= 0.3 is 0 Å². The Labute approximate surface area is 190 Å². The highest BCUT2D eigenvalue weighted by Crippen LogP contribution is 2.30. The van der Waals surface area contributed by atoms with Crippen molar-refractivity contribution in [3.63, 3.8) is 0 Å². The van der Waals surface area contributed by atoms with E-state index in [0.717, 1.165) is 29.9 Å². The van der Waals surface area contributed by atoms with E-state index in [9.17, 15) is 8.78 Å². The molecule has 32 heavy (non-hydrogen) atoms. The SMILES string of the molecule is CCCCCCCCOc1ccc(-c2ccc(-c3ccc(COC)c(F)c3F)cc2)cc1. The van der Waals surface area contributed by atoms with E-state index >= 15 is 0 Å². The van der Waals surface area contributed by atoms with Gasteiger partial charge in [0, 0.05) is 18.2 Å². The fourth-order valence-corrected chi connectivity index (χ4v) is 3.74. The van der Waals surface area contributed by atoms with Crippen LogP contribution in [0.3, 0.4) is 0 Å². The topological polar surface area (TPSA) is 18.5 Å². The minimum absolute atomic E-state index is 0.0423. The van der Waals surface area contributed by atoms with Gasteiger partial charge in [-0.05, 0) is 35.2 Å². The molecule has 2 nitrogen and oxygen atoms in total. The molecule has 0 unspecified atom stereocenters. The van der Waals surface area contributed by atoms with Crippen LogP contribution in [0.25, 0.3) is 22.3 Å². The molecule has 0 amide bonds. The Bertz CT molecular complexity index is 966. The normalized spacial score (nSPS) is 11.0. The van der Waals surface area contributed by atoms with Crippen molar-refractivity contribution in [3.05, 3.63) is 77.9 Å². The monoisotopic (exact) mass is 438 g/mol. The van der Waals surface area contributed by atoms with Gasteiger partial charge in [-0.25, -0.2) is 8.78 Å². The zero-order chi connectivity index (χ0) is 22.8. The van der Waals surface area contributed by atoms with Crippen molar-refractivity contribution >= 4 is 0 Å². The van der Waals surface area contributed by atoms with Crippen LogP contribution in [0.2, 0.25) is 0 Å². The van der Waals surface area contributed by atoms with Crippen molar-refractivity contribution in [1.82, 2.24) is 0 Å². The van der Waals surface area contributed by atoms with Gasteiger partial charge in [0.15, 0.2) is 11.6 Å². The Kier molecular flexibility index (Phi) is 9.24. The lowest BCUT2D eigenvalue weighted by Gasteiger charge is -2.10. The van der Waals surface area contributed by atoms with Crippen LogP contribution in [0.15, 0.2) is 60.7 Å². The molecule has 0 aliphatic rings. The first-order valence-electron chi connectivity index (χ1n) is 11.4. The highest BCUT2D eigenvalue weighted by molar-refractivity contribution is 5.71. The van der Waals surface area contributed by atoms with Gasteiger partial charge in [-0.15, -0.1) is 0 Å². The lowest BCUT2D eigenvalue weighted by atomic mass is 9.99. The highest BCUT2D eigenvalue weighted by Gasteiger charge is 2.14. The van der Waals surface area contributed by atoms with Crippen molar-refractivity contribution in [2.45, 2.75) is 52.1 Å². The first-order valence-corrected chi connectivity index (χ1v) is 11.4. The average molecular weight is 439 g/mol. The van der Waals surface area contributed by atoms with Crippen molar-refractivity contribution in [2.75, 3.05) is 13.7 Å². The number of methoxy groups -OCH3 is 1. The average Bonchev–Trinajstić information content (AvgIpc) is 2.82. The molecule has 3 rings (SSSR count). The van der Waals surface area contributed by atoms with Gasteiger partial charge in [-0.3, -0.25) is 0 Å². The standard InChI is InChI=1S/C28H32F2O2/c1-3-4-5-6-7-8-19-32-25-16-13-22(14-17-25)21-9-11-23(12-10-21)26-18-15-24(20-31-2)27(29)28(26)30/h9-18H,3-8,19-20H2,1-2H3. The second-order valence-corrected chi connectivity index (χ2v) is 8.05. The van der Waals surface area contributed by atoms with E-state index < -0.39 is 11.6 Å². The maximum atomic E-state index is 14.5. The maximum Gasteiger partial charge on any atom is 0.167 e. The fraction of sp³-hybridized carbons (Fsp3) is 0.357. The number of ether oxygens (including phenoxy) is 2. The van der Waals surface area contributed by atoms with E-state index in [0.29, 0.717) is 5.56 Å². The largest absolute Gasteiger partial charge is 0.494 e. The molecule has 0 fully saturated rings. The number of halogens is 2. The predicted octanol–water partition coefficient (Wildman–Crippen LogP) is 8.18. The van der Waals surface area contributed by atoms with E-state index in [2.05, 4.69) is 6.92 Å². The van der Waals surface area contributed by atoms with Crippen molar-refractivity contribution in [1.29, 1.82) is 0 Å². The van der Waals surface area contributed by atoms with E-state index in [-0.39, 0.29) is 17.7 Å². The van der Waals surface area contributed by atoms with Gasteiger partial charge < -0.3 is 9.47 Å². The van der Waals surface area contributed by atoms with Crippen molar-refractivity contribution in [2.24, 2.45) is 0 Å². The van der Waals surface area contributed by atoms with Crippen LogP contribution < -0.4 is 4.74 Å². The summed E-state index contributed by atoms with van der Waals surface area (Å²) in [7, 11) is 1.46. The van der Waals surface area contributed by atoms with Crippen LogP contribution in [-0.2, 0) is 11.3 Å². The van der Waals surface area contributed by atoms with Crippen LogP contribution in [-0.4, -0.2) is 13.7 Å². The zero-order valence-electron chi connectivity index (χ0n) is 19.0. The minimum atomic E-state index is -0.857. The molecule has 0 heterocycles. The summed E-state index contributed by atoms with van der Waals surface area (Å²) >= 11 is 0. The van der Waals surface area contributed by atoms with E-state index in [1.165, 1.54) is 39.2 Å². The summed E-state index contributed by atoms with van der Waals surface area (Å²) in [6.07, 6.45) is 7.46. The summed E-state index contributed by atoms with van der Waals surface area (Å²) in [6.45, 7) is 3.01. The zero-order valence-corrected chi connectivity index (χ0v) is 19.0. The smallest absolute Gasteiger partial charge is 0.167 e. The Hall–Kier alpha value is -2.72. The molecule has 0 aromatic heterocycles. The molecule has 0 N–H and O–H groups in total.